The normalized spacial score (nSPS) is 13.4. The maximum Gasteiger partial charge on any atom is 0.416 e. The lowest BCUT2D eigenvalue weighted by Crippen LogP contribution is -2.46. The highest BCUT2D eigenvalue weighted by atomic mass is 35.5. The topological polar surface area (TPSA) is 24.9 Å². The van der Waals surface area contributed by atoms with Crippen molar-refractivity contribution in [3.8, 4) is 0 Å². The smallest absolute Gasteiger partial charge is 0.298 e. The standard InChI is InChI=1S/C27H20Cl2F4N2/c28-22-10-11-25(34-17-22)26(15-18-6-2-1-3-7-18,35-16-19-8-4-5-9-24(19)29)20-12-21(27(31,32)33)14-23(30)13-20/h1-14,17,35H,15-16H2. The molecule has 0 radical (unpaired) electrons. The SMILES string of the molecule is Fc1cc(C(F)(F)F)cc(C(Cc2ccccc2)(NCc2ccccc2Cl)c2ccc(Cl)cn2)c1. The molecule has 180 valence electrons. The molecule has 0 saturated heterocycles. The molecule has 8 heteroatoms. The van der Waals surface area contributed by atoms with Crippen molar-refractivity contribution < 1.29 is 17.6 Å². The number of alkyl halides is 3. The van der Waals surface area contributed by atoms with Crippen LogP contribution in [0.15, 0.2) is 91.1 Å². The third-order valence-electron chi connectivity index (χ3n) is 5.73. The van der Waals surface area contributed by atoms with E-state index in [2.05, 4.69) is 10.3 Å². The van der Waals surface area contributed by atoms with E-state index in [0.29, 0.717) is 21.8 Å². The number of hydrogen-bond donors (Lipinski definition) is 1. The molecule has 0 aliphatic heterocycles. The van der Waals surface area contributed by atoms with Gasteiger partial charge in [-0.15, -0.1) is 0 Å². The van der Waals surface area contributed by atoms with Crippen molar-refractivity contribution in [2.75, 3.05) is 0 Å². The quantitative estimate of drug-likeness (QED) is 0.252. The summed E-state index contributed by atoms with van der Waals surface area (Å²) in [5, 5.41) is 4.23. The number of benzene rings is 3. The molecule has 2 nitrogen and oxygen atoms in total. The minimum atomic E-state index is -4.73. The van der Waals surface area contributed by atoms with Crippen LogP contribution >= 0.6 is 23.2 Å². The second kappa shape index (κ2) is 10.4. The van der Waals surface area contributed by atoms with Gasteiger partial charge in [0.05, 0.1) is 21.8 Å². The van der Waals surface area contributed by atoms with Crippen LogP contribution in [0.1, 0.15) is 27.9 Å². The molecule has 0 aliphatic rings. The summed E-state index contributed by atoms with van der Waals surface area (Å²) in [5.74, 6) is -0.999. The van der Waals surface area contributed by atoms with Crippen LogP contribution in [0.3, 0.4) is 0 Å². The second-order valence-electron chi connectivity index (χ2n) is 8.10. The highest BCUT2D eigenvalue weighted by Crippen LogP contribution is 2.38. The first-order chi connectivity index (χ1) is 16.7. The fourth-order valence-electron chi connectivity index (χ4n) is 4.01. The van der Waals surface area contributed by atoms with Crippen molar-refractivity contribution in [1.29, 1.82) is 0 Å². The number of nitrogens with one attached hydrogen (secondary N) is 1. The van der Waals surface area contributed by atoms with E-state index in [1.165, 1.54) is 6.20 Å². The maximum absolute atomic E-state index is 14.6. The number of rotatable bonds is 7. The van der Waals surface area contributed by atoms with Crippen LogP contribution in [0.25, 0.3) is 0 Å². The Morgan fingerprint density at radius 1 is 0.800 bits per heavy atom. The molecule has 4 rings (SSSR count). The zero-order chi connectivity index (χ0) is 25.1. The third kappa shape index (κ3) is 5.84. The fraction of sp³-hybridized carbons (Fsp3) is 0.148. The van der Waals surface area contributed by atoms with Gasteiger partial charge in [0.1, 0.15) is 5.82 Å². The summed E-state index contributed by atoms with van der Waals surface area (Å²) < 4.78 is 55.7. The van der Waals surface area contributed by atoms with Crippen molar-refractivity contribution in [2.24, 2.45) is 0 Å². The Balaban J connectivity index is 1.94. The predicted octanol–water partition coefficient (Wildman–Crippen LogP) is 7.82. The molecule has 0 saturated carbocycles. The van der Waals surface area contributed by atoms with Gasteiger partial charge in [0.25, 0.3) is 0 Å². The summed E-state index contributed by atoms with van der Waals surface area (Å²) in [7, 11) is 0. The van der Waals surface area contributed by atoms with E-state index in [4.69, 9.17) is 23.2 Å². The summed E-state index contributed by atoms with van der Waals surface area (Å²) >= 11 is 12.4. The first-order valence-corrected chi connectivity index (χ1v) is 11.5. The van der Waals surface area contributed by atoms with E-state index < -0.39 is 23.1 Å². The molecule has 0 fully saturated rings. The molecule has 0 aliphatic carbocycles. The van der Waals surface area contributed by atoms with E-state index in [1.54, 1.807) is 24.3 Å². The monoisotopic (exact) mass is 518 g/mol. The molecule has 0 bridgehead atoms. The van der Waals surface area contributed by atoms with E-state index >= 15 is 0 Å². The van der Waals surface area contributed by atoms with Crippen molar-refractivity contribution >= 4 is 23.2 Å². The minimum Gasteiger partial charge on any atom is -0.298 e. The maximum atomic E-state index is 14.6. The van der Waals surface area contributed by atoms with Gasteiger partial charge in [-0.3, -0.25) is 10.3 Å². The summed E-state index contributed by atoms with van der Waals surface area (Å²) in [6.45, 7) is 0.189. The summed E-state index contributed by atoms with van der Waals surface area (Å²) in [6.07, 6.45) is -3.13. The Morgan fingerprint density at radius 3 is 2.14 bits per heavy atom. The molecule has 4 aromatic rings. The van der Waals surface area contributed by atoms with Gasteiger partial charge >= 0.3 is 6.18 Å². The molecular formula is C27H20Cl2F4N2. The number of aromatic nitrogens is 1. The van der Waals surface area contributed by atoms with Gasteiger partial charge < -0.3 is 0 Å². The fourth-order valence-corrected chi connectivity index (χ4v) is 4.33. The Bertz CT molecular complexity index is 1290. The van der Waals surface area contributed by atoms with Crippen LogP contribution < -0.4 is 5.32 Å². The second-order valence-corrected chi connectivity index (χ2v) is 8.94. The molecule has 0 spiro atoms. The molecule has 1 unspecified atom stereocenters. The molecular weight excluding hydrogens is 499 g/mol. The van der Waals surface area contributed by atoms with Gasteiger partial charge in [-0.2, -0.15) is 13.2 Å². The Kier molecular flexibility index (Phi) is 7.45. The van der Waals surface area contributed by atoms with Gasteiger partial charge in [-0.25, -0.2) is 4.39 Å². The predicted molar refractivity (Wildman–Crippen MR) is 130 cm³/mol. The summed E-state index contributed by atoms with van der Waals surface area (Å²) in [6, 6.07) is 22.1. The summed E-state index contributed by atoms with van der Waals surface area (Å²) in [5.41, 5.74) is -0.417. The van der Waals surface area contributed by atoms with Crippen LogP contribution in [-0.2, 0) is 24.7 Å². The lowest BCUT2D eigenvalue weighted by Gasteiger charge is -2.36. The van der Waals surface area contributed by atoms with Crippen molar-refractivity contribution in [3.63, 3.8) is 0 Å². The highest BCUT2D eigenvalue weighted by Gasteiger charge is 2.39. The third-order valence-corrected chi connectivity index (χ3v) is 6.33. The Morgan fingerprint density at radius 2 is 1.49 bits per heavy atom. The van der Waals surface area contributed by atoms with Crippen LogP contribution in [0.5, 0.6) is 0 Å². The number of nitrogens with zero attached hydrogens (tertiary/aromatic N) is 1. The van der Waals surface area contributed by atoms with Crippen molar-refractivity contribution in [3.05, 3.63) is 135 Å². The van der Waals surface area contributed by atoms with Gasteiger partial charge in [-0.1, -0.05) is 71.7 Å². The summed E-state index contributed by atoms with van der Waals surface area (Å²) in [4.78, 5) is 4.45. The average molecular weight is 519 g/mol. The van der Waals surface area contributed by atoms with Crippen LogP contribution in [0.4, 0.5) is 17.6 Å². The van der Waals surface area contributed by atoms with Crippen molar-refractivity contribution in [2.45, 2.75) is 24.7 Å². The molecule has 1 N–H and O–H groups in total. The molecule has 3 aromatic carbocycles. The Labute approximate surface area is 210 Å². The van der Waals surface area contributed by atoms with E-state index in [-0.39, 0.29) is 18.5 Å². The van der Waals surface area contributed by atoms with Gasteiger partial charge in [0, 0.05) is 24.2 Å². The molecule has 0 amide bonds. The van der Waals surface area contributed by atoms with Gasteiger partial charge in [0.2, 0.25) is 0 Å². The first-order valence-electron chi connectivity index (χ1n) is 10.7. The average Bonchev–Trinajstić information content (AvgIpc) is 2.83. The van der Waals surface area contributed by atoms with Gasteiger partial charge in [-0.05, 0) is 53.1 Å². The Hall–Kier alpha value is -2.93. The zero-order valence-corrected chi connectivity index (χ0v) is 19.8. The lowest BCUT2D eigenvalue weighted by molar-refractivity contribution is -0.137. The van der Waals surface area contributed by atoms with Gasteiger partial charge in [0.15, 0.2) is 0 Å². The van der Waals surface area contributed by atoms with E-state index in [9.17, 15) is 17.6 Å². The largest absolute Gasteiger partial charge is 0.416 e. The van der Waals surface area contributed by atoms with E-state index in [1.807, 2.05) is 42.5 Å². The lowest BCUT2D eigenvalue weighted by atomic mass is 9.79. The minimum absolute atomic E-state index is 0.0792. The van der Waals surface area contributed by atoms with E-state index in [0.717, 1.165) is 23.3 Å². The molecule has 1 aromatic heterocycles. The van der Waals surface area contributed by atoms with Crippen LogP contribution in [0.2, 0.25) is 10.0 Å². The molecule has 35 heavy (non-hydrogen) atoms. The number of hydrogen-bond acceptors (Lipinski definition) is 2. The number of pyridine rings is 1. The van der Waals surface area contributed by atoms with Crippen LogP contribution in [-0.4, -0.2) is 4.98 Å². The number of halogens is 6. The zero-order valence-electron chi connectivity index (χ0n) is 18.3. The van der Waals surface area contributed by atoms with Crippen LogP contribution in [0, 0.1) is 5.82 Å². The van der Waals surface area contributed by atoms with Crippen molar-refractivity contribution in [1.82, 2.24) is 10.3 Å². The molecule has 1 heterocycles. The first kappa shape index (κ1) is 25.2. The molecule has 1 atom stereocenters. The highest BCUT2D eigenvalue weighted by molar-refractivity contribution is 6.31.